The number of rotatable bonds is 3. The van der Waals surface area contributed by atoms with E-state index < -0.39 is 11.6 Å². The number of carbonyl (C=O) groups is 1. The number of ketones is 1. The number of Topliss-reactive ketones (excluding diaryl/α,β-unsaturated/α-hetero) is 1. The van der Waals surface area contributed by atoms with Gasteiger partial charge in [-0.1, -0.05) is 19.3 Å². The van der Waals surface area contributed by atoms with Gasteiger partial charge in [0.1, 0.15) is 5.75 Å². The molecule has 0 bridgehead atoms. The fourth-order valence-corrected chi connectivity index (χ4v) is 2.47. The third-order valence-corrected chi connectivity index (χ3v) is 3.48. The van der Waals surface area contributed by atoms with Crippen LogP contribution in [0.4, 0.5) is 8.78 Å². The Morgan fingerprint density at radius 2 is 1.78 bits per heavy atom. The van der Waals surface area contributed by atoms with Gasteiger partial charge in [0.15, 0.2) is 17.4 Å². The van der Waals surface area contributed by atoms with Gasteiger partial charge in [0, 0.05) is 12.0 Å². The Bertz CT molecular complexity index is 451. The first-order valence-electron chi connectivity index (χ1n) is 6.20. The van der Waals surface area contributed by atoms with Gasteiger partial charge < -0.3 is 4.74 Å². The van der Waals surface area contributed by atoms with Crippen molar-refractivity contribution < 1.29 is 18.3 Å². The largest absolute Gasteiger partial charge is 0.496 e. The molecule has 1 fully saturated rings. The molecular weight excluding hydrogens is 238 g/mol. The molecule has 0 unspecified atom stereocenters. The molecular formula is C14H16F2O2. The van der Waals surface area contributed by atoms with Gasteiger partial charge in [0.25, 0.3) is 0 Å². The fraction of sp³-hybridized carbons (Fsp3) is 0.500. The first-order chi connectivity index (χ1) is 8.63. The smallest absolute Gasteiger partial charge is 0.169 e. The molecule has 0 aliphatic heterocycles. The van der Waals surface area contributed by atoms with Crippen molar-refractivity contribution in [3.63, 3.8) is 0 Å². The first-order valence-corrected chi connectivity index (χ1v) is 6.20. The van der Waals surface area contributed by atoms with Crippen molar-refractivity contribution in [3.8, 4) is 5.75 Å². The van der Waals surface area contributed by atoms with Crippen molar-refractivity contribution in [2.75, 3.05) is 7.11 Å². The normalized spacial score (nSPS) is 16.6. The topological polar surface area (TPSA) is 26.3 Å². The molecule has 0 aromatic heterocycles. The van der Waals surface area contributed by atoms with Crippen LogP contribution in [0.15, 0.2) is 12.1 Å². The van der Waals surface area contributed by atoms with Gasteiger partial charge in [-0.25, -0.2) is 8.78 Å². The van der Waals surface area contributed by atoms with E-state index in [1.807, 2.05) is 0 Å². The molecule has 2 nitrogen and oxygen atoms in total. The van der Waals surface area contributed by atoms with Crippen molar-refractivity contribution >= 4 is 5.78 Å². The quantitative estimate of drug-likeness (QED) is 0.768. The second-order valence-electron chi connectivity index (χ2n) is 4.67. The molecule has 0 heterocycles. The number of hydrogen-bond donors (Lipinski definition) is 0. The Labute approximate surface area is 105 Å². The highest BCUT2D eigenvalue weighted by Crippen LogP contribution is 2.31. The second-order valence-corrected chi connectivity index (χ2v) is 4.67. The van der Waals surface area contributed by atoms with Crippen molar-refractivity contribution in [2.24, 2.45) is 5.92 Å². The van der Waals surface area contributed by atoms with Crippen LogP contribution in [0.5, 0.6) is 5.75 Å². The monoisotopic (exact) mass is 254 g/mol. The average Bonchev–Trinajstić information content (AvgIpc) is 2.41. The Kier molecular flexibility index (Phi) is 3.94. The lowest BCUT2D eigenvalue weighted by Crippen LogP contribution is -2.19. The molecule has 1 aliphatic carbocycles. The Morgan fingerprint density at radius 3 is 2.39 bits per heavy atom. The van der Waals surface area contributed by atoms with E-state index in [1.165, 1.54) is 7.11 Å². The lowest BCUT2D eigenvalue weighted by atomic mass is 9.83. The van der Waals surface area contributed by atoms with Gasteiger partial charge in [0.05, 0.1) is 12.7 Å². The second kappa shape index (κ2) is 5.46. The molecule has 1 aliphatic rings. The zero-order chi connectivity index (χ0) is 13.1. The maximum absolute atomic E-state index is 13.2. The van der Waals surface area contributed by atoms with Crippen molar-refractivity contribution in [3.05, 3.63) is 29.3 Å². The number of benzene rings is 1. The van der Waals surface area contributed by atoms with E-state index >= 15 is 0 Å². The summed E-state index contributed by atoms with van der Waals surface area (Å²) in [5.74, 6) is -2.10. The van der Waals surface area contributed by atoms with Crippen LogP contribution in [-0.4, -0.2) is 12.9 Å². The predicted molar refractivity (Wildman–Crippen MR) is 63.8 cm³/mol. The highest BCUT2D eigenvalue weighted by atomic mass is 19.2. The van der Waals surface area contributed by atoms with E-state index in [0.717, 1.165) is 44.2 Å². The van der Waals surface area contributed by atoms with Crippen LogP contribution in [0.2, 0.25) is 0 Å². The SMILES string of the molecule is COc1cc(F)c(F)cc1C(=O)C1CCCCC1. The van der Waals surface area contributed by atoms with E-state index in [4.69, 9.17) is 4.74 Å². The van der Waals surface area contributed by atoms with Gasteiger partial charge in [-0.2, -0.15) is 0 Å². The molecule has 4 heteroatoms. The van der Waals surface area contributed by atoms with Gasteiger partial charge in [0.2, 0.25) is 0 Å². The summed E-state index contributed by atoms with van der Waals surface area (Å²) in [6.07, 6.45) is 4.81. The molecule has 2 rings (SSSR count). The van der Waals surface area contributed by atoms with E-state index in [1.54, 1.807) is 0 Å². The van der Waals surface area contributed by atoms with Crippen LogP contribution in [0.3, 0.4) is 0 Å². The molecule has 0 radical (unpaired) electrons. The van der Waals surface area contributed by atoms with Crippen LogP contribution >= 0.6 is 0 Å². The number of methoxy groups -OCH3 is 1. The number of ether oxygens (including phenoxy) is 1. The summed E-state index contributed by atoms with van der Waals surface area (Å²) in [6.45, 7) is 0. The zero-order valence-electron chi connectivity index (χ0n) is 10.3. The lowest BCUT2D eigenvalue weighted by Gasteiger charge is -2.21. The van der Waals surface area contributed by atoms with Crippen LogP contribution in [0.25, 0.3) is 0 Å². The summed E-state index contributed by atoms with van der Waals surface area (Å²) in [7, 11) is 1.35. The molecule has 18 heavy (non-hydrogen) atoms. The minimum Gasteiger partial charge on any atom is -0.496 e. The number of halogens is 2. The fourth-order valence-electron chi connectivity index (χ4n) is 2.47. The van der Waals surface area contributed by atoms with E-state index in [0.29, 0.717) is 0 Å². The molecule has 1 saturated carbocycles. The maximum atomic E-state index is 13.2. The van der Waals surface area contributed by atoms with Gasteiger partial charge in [-0.3, -0.25) is 4.79 Å². The molecule has 0 saturated heterocycles. The van der Waals surface area contributed by atoms with Crippen LogP contribution < -0.4 is 4.74 Å². The van der Waals surface area contributed by atoms with Gasteiger partial charge in [-0.15, -0.1) is 0 Å². The molecule has 0 N–H and O–H groups in total. The predicted octanol–water partition coefficient (Wildman–Crippen LogP) is 3.74. The zero-order valence-corrected chi connectivity index (χ0v) is 10.3. The molecule has 0 amide bonds. The molecule has 98 valence electrons. The standard InChI is InChI=1S/C14H16F2O2/c1-18-13-8-12(16)11(15)7-10(13)14(17)9-5-3-2-4-6-9/h7-9H,2-6H2,1H3. The number of hydrogen-bond acceptors (Lipinski definition) is 2. The highest BCUT2D eigenvalue weighted by Gasteiger charge is 2.26. The number of carbonyl (C=O) groups excluding carboxylic acids is 1. The molecule has 0 atom stereocenters. The van der Waals surface area contributed by atoms with Gasteiger partial charge >= 0.3 is 0 Å². The van der Waals surface area contributed by atoms with E-state index in [9.17, 15) is 13.6 Å². The van der Waals surface area contributed by atoms with Crippen molar-refractivity contribution in [1.82, 2.24) is 0 Å². The Balaban J connectivity index is 2.31. The Morgan fingerprint density at radius 1 is 1.17 bits per heavy atom. The summed E-state index contributed by atoms with van der Waals surface area (Å²) < 4.78 is 31.3. The summed E-state index contributed by atoms with van der Waals surface area (Å²) in [5, 5.41) is 0. The molecule has 1 aromatic rings. The van der Waals surface area contributed by atoms with Crippen LogP contribution in [0.1, 0.15) is 42.5 Å². The molecule has 0 spiro atoms. The third-order valence-electron chi connectivity index (χ3n) is 3.48. The summed E-state index contributed by atoms with van der Waals surface area (Å²) in [6, 6.07) is 1.89. The van der Waals surface area contributed by atoms with Crippen LogP contribution in [0, 0.1) is 17.6 Å². The third kappa shape index (κ3) is 2.52. The molecule has 1 aromatic carbocycles. The minimum absolute atomic E-state index is 0.0856. The van der Waals surface area contributed by atoms with E-state index in [-0.39, 0.29) is 23.0 Å². The average molecular weight is 254 g/mol. The van der Waals surface area contributed by atoms with E-state index in [2.05, 4.69) is 0 Å². The Hall–Kier alpha value is -1.45. The van der Waals surface area contributed by atoms with Crippen molar-refractivity contribution in [1.29, 1.82) is 0 Å². The van der Waals surface area contributed by atoms with Gasteiger partial charge in [-0.05, 0) is 18.9 Å². The first kappa shape index (κ1) is 13.0. The summed E-state index contributed by atoms with van der Waals surface area (Å²) >= 11 is 0. The maximum Gasteiger partial charge on any atom is 0.169 e. The summed E-state index contributed by atoms with van der Waals surface area (Å²) in [5.41, 5.74) is 0.156. The lowest BCUT2D eigenvalue weighted by molar-refractivity contribution is 0.0885. The summed E-state index contributed by atoms with van der Waals surface area (Å²) in [4.78, 5) is 12.3. The highest BCUT2D eigenvalue weighted by molar-refractivity contribution is 6.00. The minimum atomic E-state index is -1.00. The van der Waals surface area contributed by atoms with Crippen molar-refractivity contribution in [2.45, 2.75) is 32.1 Å². The van der Waals surface area contributed by atoms with Crippen LogP contribution in [-0.2, 0) is 0 Å².